The number of fused-ring (bicyclic) bond motifs is 1. The number of thioether (sulfide) groups is 1. The topological polar surface area (TPSA) is 64.0 Å². The maximum absolute atomic E-state index is 10.6. The lowest BCUT2D eigenvalue weighted by Gasteiger charge is -2.33. The molecule has 7 heteroatoms. The van der Waals surface area contributed by atoms with E-state index in [9.17, 15) is 5.26 Å². The molecule has 1 aliphatic carbocycles. The average Bonchev–Trinajstić information content (AvgIpc) is 2.99. The van der Waals surface area contributed by atoms with E-state index in [2.05, 4.69) is 23.1 Å². The van der Waals surface area contributed by atoms with E-state index in [0.29, 0.717) is 16.7 Å². The number of hydrogen-bond donors (Lipinski definition) is 0. The molecular formula is C32H44N2O4S. The van der Waals surface area contributed by atoms with Crippen molar-refractivity contribution >= 4 is 11.8 Å². The average molecular weight is 553 g/mol. The van der Waals surface area contributed by atoms with Crippen molar-refractivity contribution in [3.8, 4) is 29.1 Å². The first-order valence-electron chi connectivity index (χ1n) is 14.3. The van der Waals surface area contributed by atoms with Crippen LogP contribution in [0.25, 0.3) is 0 Å². The Kier molecular flexibility index (Phi) is 10.7. The van der Waals surface area contributed by atoms with Crippen LogP contribution < -0.4 is 18.9 Å². The van der Waals surface area contributed by atoms with Crippen molar-refractivity contribution in [3.05, 3.63) is 47.0 Å². The zero-order valence-corrected chi connectivity index (χ0v) is 24.9. The first kappa shape index (κ1) is 29.4. The Morgan fingerprint density at radius 3 is 2.33 bits per heavy atom. The highest BCUT2D eigenvalue weighted by Crippen LogP contribution is 2.48. The van der Waals surface area contributed by atoms with Crippen molar-refractivity contribution in [2.75, 3.05) is 41.5 Å². The number of benzene rings is 2. The van der Waals surface area contributed by atoms with Gasteiger partial charge in [0.05, 0.1) is 34.5 Å². The van der Waals surface area contributed by atoms with Crippen molar-refractivity contribution in [3.63, 3.8) is 0 Å². The Hall–Kier alpha value is -2.56. The van der Waals surface area contributed by atoms with E-state index in [1.807, 2.05) is 30.0 Å². The highest BCUT2D eigenvalue weighted by atomic mass is 32.2. The van der Waals surface area contributed by atoms with Crippen molar-refractivity contribution in [1.29, 1.82) is 5.26 Å². The first-order valence-corrected chi connectivity index (χ1v) is 15.2. The molecule has 2 aliphatic rings. The molecule has 1 saturated carbocycles. The minimum absolute atomic E-state index is 0.538. The number of rotatable bonds is 13. The molecule has 0 saturated heterocycles. The first-order chi connectivity index (χ1) is 19.1. The van der Waals surface area contributed by atoms with Crippen LogP contribution in [0.3, 0.4) is 0 Å². The van der Waals surface area contributed by atoms with Crippen LogP contribution in [0.1, 0.15) is 74.5 Å². The molecule has 1 atom stereocenters. The second-order valence-electron chi connectivity index (χ2n) is 10.7. The number of nitriles is 1. The molecule has 0 spiro atoms. The van der Waals surface area contributed by atoms with Crippen molar-refractivity contribution in [2.24, 2.45) is 0 Å². The van der Waals surface area contributed by atoms with Crippen LogP contribution >= 0.6 is 11.8 Å². The van der Waals surface area contributed by atoms with E-state index in [-0.39, 0.29) is 0 Å². The number of ether oxygens (including phenoxy) is 4. The van der Waals surface area contributed by atoms with Crippen LogP contribution in [0.2, 0.25) is 0 Å². The minimum Gasteiger partial charge on any atom is -0.493 e. The lowest BCUT2D eigenvalue weighted by atomic mass is 9.92. The van der Waals surface area contributed by atoms with Crippen molar-refractivity contribution in [1.82, 2.24) is 4.90 Å². The van der Waals surface area contributed by atoms with Crippen LogP contribution in [0, 0.1) is 11.3 Å². The third kappa shape index (κ3) is 6.96. The van der Waals surface area contributed by atoms with Crippen LogP contribution in [0.5, 0.6) is 23.0 Å². The molecule has 2 aromatic rings. The van der Waals surface area contributed by atoms with E-state index < -0.39 is 4.75 Å². The Labute approximate surface area is 239 Å². The summed E-state index contributed by atoms with van der Waals surface area (Å²) in [5, 5.41) is 11.2. The number of unbranched alkanes of at least 4 members (excludes halogenated alkanes) is 2. The van der Waals surface area contributed by atoms with Gasteiger partial charge in [0.15, 0.2) is 23.0 Å². The molecule has 212 valence electrons. The van der Waals surface area contributed by atoms with Crippen molar-refractivity contribution < 1.29 is 18.9 Å². The van der Waals surface area contributed by atoms with Gasteiger partial charge in [-0.05, 0) is 68.0 Å². The summed E-state index contributed by atoms with van der Waals surface area (Å²) in [6, 6.07) is 13.0. The molecule has 0 radical (unpaired) electrons. The van der Waals surface area contributed by atoms with Crippen LogP contribution in [0.15, 0.2) is 30.3 Å². The largest absolute Gasteiger partial charge is 0.493 e. The molecule has 0 bridgehead atoms. The number of nitrogens with zero attached hydrogens (tertiary/aromatic N) is 2. The lowest BCUT2D eigenvalue weighted by Crippen LogP contribution is -2.31. The molecule has 0 N–H and O–H groups in total. The summed E-state index contributed by atoms with van der Waals surface area (Å²) >= 11 is 1.89. The third-order valence-corrected chi connectivity index (χ3v) is 10.0. The second kappa shape index (κ2) is 14.2. The van der Waals surface area contributed by atoms with Gasteiger partial charge in [-0.2, -0.15) is 5.26 Å². The molecule has 4 rings (SSSR count). The Balaban J connectivity index is 1.38. The summed E-state index contributed by atoms with van der Waals surface area (Å²) < 4.78 is 21.7. The quantitative estimate of drug-likeness (QED) is 0.245. The van der Waals surface area contributed by atoms with Crippen molar-refractivity contribution in [2.45, 2.75) is 80.7 Å². The minimum atomic E-state index is -0.568. The predicted octanol–water partition coefficient (Wildman–Crippen LogP) is 7.12. The van der Waals surface area contributed by atoms with Gasteiger partial charge in [0.25, 0.3) is 0 Å². The van der Waals surface area contributed by atoms with Gasteiger partial charge < -0.3 is 18.9 Å². The summed E-state index contributed by atoms with van der Waals surface area (Å²) in [7, 11) is 6.73. The molecule has 1 unspecified atom stereocenters. The van der Waals surface area contributed by atoms with Crippen LogP contribution in [-0.4, -0.2) is 51.7 Å². The van der Waals surface area contributed by atoms with Gasteiger partial charge in [0.1, 0.15) is 4.75 Å². The highest BCUT2D eigenvalue weighted by Gasteiger charge is 2.37. The molecule has 6 nitrogen and oxygen atoms in total. The maximum Gasteiger partial charge on any atom is 0.164 e. The van der Waals surface area contributed by atoms with E-state index in [1.54, 1.807) is 28.4 Å². The van der Waals surface area contributed by atoms with E-state index in [4.69, 9.17) is 18.9 Å². The molecule has 0 aromatic heterocycles. The van der Waals surface area contributed by atoms with E-state index >= 15 is 0 Å². The van der Waals surface area contributed by atoms with Gasteiger partial charge in [0.2, 0.25) is 0 Å². The van der Waals surface area contributed by atoms with Gasteiger partial charge in [-0.25, -0.2) is 0 Å². The summed E-state index contributed by atoms with van der Waals surface area (Å²) in [5.41, 5.74) is 3.65. The Morgan fingerprint density at radius 1 is 0.897 bits per heavy atom. The normalized spacial score (nSPS) is 17.5. The van der Waals surface area contributed by atoms with Crippen LogP contribution in [-0.2, 0) is 17.7 Å². The third-order valence-electron chi connectivity index (χ3n) is 8.27. The molecule has 2 aromatic carbocycles. The number of methoxy groups -OCH3 is 4. The molecular weight excluding hydrogens is 508 g/mol. The lowest BCUT2D eigenvalue weighted by molar-refractivity contribution is 0.243. The zero-order valence-electron chi connectivity index (χ0n) is 24.1. The predicted molar refractivity (Wildman–Crippen MR) is 158 cm³/mol. The zero-order chi connectivity index (χ0) is 27.7. The maximum atomic E-state index is 10.6. The Bertz CT molecular complexity index is 1130. The monoisotopic (exact) mass is 552 g/mol. The van der Waals surface area contributed by atoms with Gasteiger partial charge >= 0.3 is 0 Å². The van der Waals surface area contributed by atoms with Gasteiger partial charge in [-0.3, -0.25) is 4.90 Å². The van der Waals surface area contributed by atoms with Gasteiger partial charge in [-0.15, -0.1) is 11.8 Å². The fraction of sp³-hybridized carbons (Fsp3) is 0.594. The molecule has 1 aliphatic heterocycles. The fourth-order valence-electron chi connectivity index (χ4n) is 6.09. The number of hydrogen-bond acceptors (Lipinski definition) is 7. The second-order valence-corrected chi connectivity index (χ2v) is 12.3. The summed E-state index contributed by atoms with van der Waals surface area (Å²) in [6.45, 7) is 3.04. The molecule has 1 heterocycles. The molecule has 39 heavy (non-hydrogen) atoms. The SMILES string of the molecule is COc1ccc(C(C#N)(CCCCCN2CCc3c(ccc(OC)c3OC)C2)SC2CCCCC2)cc1OC. The summed E-state index contributed by atoms with van der Waals surface area (Å²) in [6.07, 6.45) is 11.3. The van der Waals surface area contributed by atoms with Gasteiger partial charge in [0, 0.05) is 23.9 Å². The fourth-order valence-corrected chi connectivity index (χ4v) is 7.81. The summed E-state index contributed by atoms with van der Waals surface area (Å²) in [4.78, 5) is 2.54. The van der Waals surface area contributed by atoms with E-state index in [1.165, 1.54) is 43.2 Å². The molecule has 0 amide bonds. The van der Waals surface area contributed by atoms with Gasteiger partial charge in [-0.1, -0.05) is 44.2 Å². The van der Waals surface area contributed by atoms with Crippen LogP contribution in [0.4, 0.5) is 0 Å². The standard InChI is InChI=1S/C32H44N2O4S/c1-35-28-16-14-25(21-30(28)37-3)32(23-33,39-26-11-7-5-8-12-26)18-9-6-10-19-34-20-17-27-24(22-34)13-15-29(36-2)31(27)38-4/h13-16,21,26H,5-12,17-20,22H2,1-4H3. The smallest absolute Gasteiger partial charge is 0.164 e. The van der Waals surface area contributed by atoms with E-state index in [0.717, 1.165) is 68.8 Å². The Morgan fingerprint density at radius 2 is 1.64 bits per heavy atom. The summed E-state index contributed by atoms with van der Waals surface area (Å²) in [5.74, 6) is 3.09. The molecule has 1 fully saturated rings. The highest BCUT2D eigenvalue weighted by molar-refractivity contribution is 8.01.